The SMILES string of the molecule is CCOC(=O)COc1c(C(=O)OC)sc(-c2cccc(NS(=O)(=O)Cc3ccccc3)c2)c1Br. The first-order chi connectivity index (χ1) is 16.2. The summed E-state index contributed by atoms with van der Waals surface area (Å²) in [6.45, 7) is 1.50. The highest BCUT2D eigenvalue weighted by molar-refractivity contribution is 9.10. The second-order valence-electron chi connectivity index (χ2n) is 6.92. The van der Waals surface area contributed by atoms with Crippen molar-refractivity contribution in [3.05, 3.63) is 69.5 Å². The van der Waals surface area contributed by atoms with Gasteiger partial charge in [0.1, 0.15) is 0 Å². The van der Waals surface area contributed by atoms with Crippen LogP contribution in [0.5, 0.6) is 5.75 Å². The Hall–Kier alpha value is -2.89. The molecule has 3 rings (SSSR count). The van der Waals surface area contributed by atoms with Crippen LogP contribution >= 0.6 is 27.3 Å². The molecular formula is C23H22BrNO7S2. The van der Waals surface area contributed by atoms with Crippen molar-refractivity contribution in [2.24, 2.45) is 0 Å². The second kappa shape index (κ2) is 11.5. The van der Waals surface area contributed by atoms with E-state index in [1.165, 1.54) is 7.11 Å². The van der Waals surface area contributed by atoms with Crippen molar-refractivity contribution in [3.8, 4) is 16.2 Å². The zero-order chi connectivity index (χ0) is 24.7. The van der Waals surface area contributed by atoms with Gasteiger partial charge in [0.2, 0.25) is 10.0 Å². The molecule has 1 heterocycles. The fourth-order valence-electron chi connectivity index (χ4n) is 3.00. The number of carbonyl (C=O) groups excluding carboxylic acids is 2. The van der Waals surface area contributed by atoms with E-state index >= 15 is 0 Å². The topological polar surface area (TPSA) is 108 Å². The molecule has 8 nitrogen and oxygen atoms in total. The summed E-state index contributed by atoms with van der Waals surface area (Å²) in [5.41, 5.74) is 1.66. The van der Waals surface area contributed by atoms with Crippen molar-refractivity contribution in [3.63, 3.8) is 0 Å². The molecular weight excluding hydrogens is 546 g/mol. The molecule has 0 fully saturated rings. The van der Waals surface area contributed by atoms with Crippen LogP contribution in [0.4, 0.5) is 5.69 Å². The van der Waals surface area contributed by atoms with Crippen LogP contribution in [-0.2, 0) is 30.0 Å². The zero-order valence-electron chi connectivity index (χ0n) is 18.4. The van der Waals surface area contributed by atoms with Gasteiger partial charge in [-0.3, -0.25) is 4.72 Å². The van der Waals surface area contributed by atoms with Crippen molar-refractivity contribution in [1.82, 2.24) is 0 Å². The van der Waals surface area contributed by atoms with Gasteiger partial charge in [0, 0.05) is 5.69 Å². The van der Waals surface area contributed by atoms with Gasteiger partial charge >= 0.3 is 11.9 Å². The van der Waals surface area contributed by atoms with Gasteiger partial charge in [-0.25, -0.2) is 18.0 Å². The monoisotopic (exact) mass is 567 g/mol. The Morgan fingerprint density at radius 3 is 2.50 bits per heavy atom. The maximum absolute atomic E-state index is 12.6. The summed E-state index contributed by atoms with van der Waals surface area (Å²) >= 11 is 4.53. The highest BCUT2D eigenvalue weighted by Gasteiger charge is 2.25. The molecule has 0 aliphatic rings. The Labute approximate surface area is 210 Å². The van der Waals surface area contributed by atoms with Gasteiger partial charge < -0.3 is 14.2 Å². The van der Waals surface area contributed by atoms with Gasteiger partial charge in [0.25, 0.3) is 0 Å². The number of methoxy groups -OCH3 is 1. The molecule has 0 amide bonds. The molecule has 34 heavy (non-hydrogen) atoms. The van der Waals surface area contributed by atoms with Gasteiger partial charge in [-0.15, -0.1) is 11.3 Å². The van der Waals surface area contributed by atoms with Crippen LogP contribution in [0, 0.1) is 0 Å². The molecule has 0 aliphatic heterocycles. The van der Waals surface area contributed by atoms with E-state index in [4.69, 9.17) is 14.2 Å². The minimum Gasteiger partial charge on any atom is -0.479 e. The van der Waals surface area contributed by atoms with E-state index in [0.29, 0.717) is 26.2 Å². The Bertz CT molecular complexity index is 1270. The lowest BCUT2D eigenvalue weighted by Crippen LogP contribution is -2.15. The number of carbonyl (C=O) groups is 2. The zero-order valence-corrected chi connectivity index (χ0v) is 21.6. The minimum atomic E-state index is -3.65. The average Bonchev–Trinajstić information content (AvgIpc) is 3.13. The molecule has 3 aromatic rings. The quantitative estimate of drug-likeness (QED) is 0.349. The van der Waals surface area contributed by atoms with Crippen molar-refractivity contribution >= 4 is 54.9 Å². The van der Waals surface area contributed by atoms with Crippen LogP contribution < -0.4 is 9.46 Å². The Morgan fingerprint density at radius 1 is 1.09 bits per heavy atom. The summed E-state index contributed by atoms with van der Waals surface area (Å²) < 4.78 is 43.6. The van der Waals surface area contributed by atoms with Crippen LogP contribution in [0.15, 0.2) is 59.1 Å². The van der Waals surface area contributed by atoms with Crippen LogP contribution in [0.25, 0.3) is 10.4 Å². The predicted octanol–water partition coefficient (Wildman–Crippen LogP) is 4.85. The summed E-state index contributed by atoms with van der Waals surface area (Å²) in [6, 6.07) is 15.6. The van der Waals surface area contributed by atoms with E-state index in [1.807, 2.05) is 6.07 Å². The lowest BCUT2D eigenvalue weighted by atomic mass is 10.1. The highest BCUT2D eigenvalue weighted by atomic mass is 79.9. The van der Waals surface area contributed by atoms with Crippen LogP contribution in [-0.4, -0.2) is 40.7 Å². The number of hydrogen-bond acceptors (Lipinski definition) is 8. The Morgan fingerprint density at radius 2 is 1.82 bits per heavy atom. The summed E-state index contributed by atoms with van der Waals surface area (Å²) in [5.74, 6) is -1.22. The first-order valence-electron chi connectivity index (χ1n) is 10.1. The standard InChI is InChI=1S/C23H22BrNO7S2/c1-3-31-18(26)13-32-20-19(24)21(33-22(20)23(27)30-2)16-10-7-11-17(12-16)25-34(28,29)14-15-8-5-4-6-9-15/h4-12,25H,3,13-14H2,1-2H3. The van der Waals surface area contributed by atoms with Gasteiger partial charge in [0.05, 0.1) is 28.8 Å². The van der Waals surface area contributed by atoms with Gasteiger partial charge in [-0.2, -0.15) is 0 Å². The predicted molar refractivity (Wildman–Crippen MR) is 134 cm³/mol. The largest absolute Gasteiger partial charge is 0.479 e. The van der Waals surface area contributed by atoms with E-state index < -0.39 is 22.0 Å². The molecule has 11 heteroatoms. The van der Waals surface area contributed by atoms with E-state index in [-0.39, 0.29) is 29.6 Å². The molecule has 2 aromatic carbocycles. The summed E-state index contributed by atoms with van der Waals surface area (Å²) in [5, 5.41) is 0. The second-order valence-corrected chi connectivity index (χ2v) is 10.5. The number of halogens is 1. The maximum Gasteiger partial charge on any atom is 0.351 e. The number of esters is 2. The molecule has 0 unspecified atom stereocenters. The number of nitrogens with one attached hydrogen (secondary N) is 1. The molecule has 0 atom stereocenters. The van der Waals surface area contributed by atoms with Crippen molar-refractivity contribution in [2.75, 3.05) is 25.0 Å². The number of anilines is 1. The third-order valence-electron chi connectivity index (χ3n) is 4.42. The van der Waals surface area contributed by atoms with Crippen LogP contribution in [0.1, 0.15) is 22.2 Å². The number of hydrogen-bond donors (Lipinski definition) is 1. The van der Waals surface area contributed by atoms with E-state index in [0.717, 1.165) is 11.3 Å². The minimum absolute atomic E-state index is 0.148. The molecule has 0 bridgehead atoms. The van der Waals surface area contributed by atoms with Crippen LogP contribution in [0.2, 0.25) is 0 Å². The highest BCUT2D eigenvalue weighted by Crippen LogP contribution is 2.46. The van der Waals surface area contributed by atoms with E-state index in [9.17, 15) is 18.0 Å². The van der Waals surface area contributed by atoms with E-state index in [2.05, 4.69) is 20.7 Å². The lowest BCUT2D eigenvalue weighted by molar-refractivity contribution is -0.145. The van der Waals surface area contributed by atoms with Crippen molar-refractivity contribution in [2.45, 2.75) is 12.7 Å². The van der Waals surface area contributed by atoms with Crippen molar-refractivity contribution in [1.29, 1.82) is 0 Å². The average molecular weight is 568 g/mol. The fraction of sp³-hybridized carbons (Fsp3) is 0.217. The third-order valence-corrected chi connectivity index (χ3v) is 7.90. The normalized spacial score (nSPS) is 11.0. The number of thiophene rings is 1. The maximum atomic E-state index is 12.6. The first kappa shape index (κ1) is 25.7. The Balaban J connectivity index is 1.89. The van der Waals surface area contributed by atoms with E-state index in [1.54, 1.807) is 55.5 Å². The summed E-state index contributed by atoms with van der Waals surface area (Å²) in [7, 11) is -2.41. The molecule has 0 radical (unpaired) electrons. The molecule has 1 N–H and O–H groups in total. The lowest BCUT2D eigenvalue weighted by Gasteiger charge is -2.10. The third kappa shape index (κ3) is 6.58. The molecule has 0 saturated carbocycles. The summed E-state index contributed by atoms with van der Waals surface area (Å²) in [6.07, 6.45) is 0. The van der Waals surface area contributed by atoms with Crippen molar-refractivity contribution < 1.29 is 32.2 Å². The first-order valence-corrected chi connectivity index (χ1v) is 13.3. The van der Waals surface area contributed by atoms with Gasteiger partial charge in [-0.1, -0.05) is 42.5 Å². The smallest absolute Gasteiger partial charge is 0.351 e. The number of ether oxygens (including phenoxy) is 3. The Kier molecular flexibility index (Phi) is 8.70. The molecule has 0 spiro atoms. The number of rotatable bonds is 10. The van der Waals surface area contributed by atoms with Gasteiger partial charge in [-0.05, 0) is 46.1 Å². The molecule has 180 valence electrons. The number of benzene rings is 2. The summed E-state index contributed by atoms with van der Waals surface area (Å²) in [4.78, 5) is 24.8. The molecule has 0 aliphatic carbocycles. The number of sulfonamides is 1. The molecule has 0 saturated heterocycles. The van der Waals surface area contributed by atoms with Gasteiger partial charge in [0.15, 0.2) is 17.2 Å². The van der Waals surface area contributed by atoms with Crippen LogP contribution in [0.3, 0.4) is 0 Å². The fourth-order valence-corrected chi connectivity index (χ4v) is 6.16. The molecule has 1 aromatic heterocycles.